The highest BCUT2D eigenvalue weighted by Gasteiger charge is 2.50. The zero-order chi connectivity index (χ0) is 18.9. The molecule has 27 heavy (non-hydrogen) atoms. The van der Waals surface area contributed by atoms with E-state index >= 15 is 0 Å². The second-order valence-corrected chi connectivity index (χ2v) is 8.33. The summed E-state index contributed by atoms with van der Waals surface area (Å²) in [6.07, 6.45) is 2.99. The van der Waals surface area contributed by atoms with Gasteiger partial charge in [-0.25, -0.2) is 4.98 Å². The number of nitrogens with one attached hydrogen (secondary N) is 2. The first-order valence-electron chi connectivity index (χ1n) is 10.1. The lowest BCUT2D eigenvalue weighted by Crippen LogP contribution is -2.53. The third-order valence-electron chi connectivity index (χ3n) is 6.36. The fourth-order valence-corrected chi connectivity index (χ4v) is 4.71. The molecule has 3 aliphatic heterocycles. The van der Waals surface area contributed by atoms with E-state index in [0.717, 1.165) is 63.7 Å². The average molecular weight is 374 g/mol. The molecule has 0 spiro atoms. The second kappa shape index (κ2) is 7.73. The zero-order valence-electron chi connectivity index (χ0n) is 16.4. The molecule has 0 radical (unpaired) electrons. The van der Waals surface area contributed by atoms with Crippen LogP contribution in [0.2, 0.25) is 0 Å². The minimum atomic E-state index is -0.248. The van der Waals surface area contributed by atoms with Crippen molar-refractivity contribution in [2.24, 2.45) is 11.3 Å². The van der Waals surface area contributed by atoms with Gasteiger partial charge < -0.3 is 25.2 Å². The van der Waals surface area contributed by atoms with Crippen molar-refractivity contribution in [3.05, 3.63) is 23.9 Å². The molecule has 0 bridgehead atoms. The molecule has 2 N–H and O–H groups in total. The van der Waals surface area contributed by atoms with Crippen molar-refractivity contribution in [3.8, 4) is 0 Å². The molecule has 3 atom stereocenters. The molecule has 0 aliphatic carbocycles. The summed E-state index contributed by atoms with van der Waals surface area (Å²) in [5.41, 5.74) is 0.849. The van der Waals surface area contributed by atoms with E-state index in [4.69, 9.17) is 4.74 Å². The van der Waals surface area contributed by atoms with E-state index < -0.39 is 0 Å². The van der Waals surface area contributed by atoms with Gasteiger partial charge in [0.1, 0.15) is 5.82 Å². The zero-order valence-corrected chi connectivity index (χ0v) is 16.4. The van der Waals surface area contributed by atoms with Crippen molar-refractivity contribution in [3.63, 3.8) is 0 Å². The fourth-order valence-electron chi connectivity index (χ4n) is 4.71. The van der Waals surface area contributed by atoms with Crippen LogP contribution in [-0.4, -0.2) is 74.8 Å². The second-order valence-electron chi connectivity index (χ2n) is 8.33. The first kappa shape index (κ1) is 18.7. The predicted octanol–water partition coefficient (Wildman–Crippen LogP) is 0.464. The van der Waals surface area contributed by atoms with Gasteiger partial charge in [-0.3, -0.25) is 4.79 Å². The lowest BCUT2D eigenvalue weighted by molar-refractivity contribution is -0.135. The van der Waals surface area contributed by atoms with Gasteiger partial charge in [0.15, 0.2) is 0 Å². The fraction of sp³-hybridized carbons (Fsp3) is 0.700. The first-order chi connectivity index (χ1) is 13.1. The molecule has 3 aliphatic rings. The molecule has 7 heteroatoms. The number of aromatic nitrogens is 1. The van der Waals surface area contributed by atoms with Crippen LogP contribution in [0.15, 0.2) is 18.3 Å². The summed E-state index contributed by atoms with van der Waals surface area (Å²) in [5, 5.41) is 6.66. The number of hydrogen-bond donors (Lipinski definition) is 2. The molecule has 7 nitrogen and oxygen atoms in total. The molecule has 0 saturated carbocycles. The summed E-state index contributed by atoms with van der Waals surface area (Å²) >= 11 is 0. The Morgan fingerprint density at radius 3 is 3.19 bits per heavy atom. The van der Waals surface area contributed by atoms with Gasteiger partial charge in [0, 0.05) is 45.5 Å². The Labute approximate surface area is 161 Å². The third kappa shape index (κ3) is 3.81. The average Bonchev–Trinajstić information content (AvgIpc) is 3.10. The van der Waals surface area contributed by atoms with Crippen LogP contribution in [0.1, 0.15) is 18.9 Å². The number of likely N-dealkylation sites (tertiary alicyclic amines) is 1. The minimum absolute atomic E-state index is 0.198. The Morgan fingerprint density at radius 1 is 1.44 bits per heavy atom. The largest absolute Gasteiger partial charge is 0.375 e. The molecule has 4 rings (SSSR count). The number of morpholine rings is 1. The van der Waals surface area contributed by atoms with Gasteiger partial charge in [-0.2, -0.15) is 0 Å². The quantitative estimate of drug-likeness (QED) is 0.799. The van der Waals surface area contributed by atoms with Crippen LogP contribution in [0.4, 0.5) is 5.82 Å². The smallest absolute Gasteiger partial charge is 0.228 e. The molecule has 1 aromatic heterocycles. The van der Waals surface area contributed by atoms with Crippen molar-refractivity contribution in [1.29, 1.82) is 0 Å². The molecule has 3 fully saturated rings. The van der Waals surface area contributed by atoms with E-state index in [1.54, 1.807) is 0 Å². The number of pyridine rings is 1. The van der Waals surface area contributed by atoms with Crippen LogP contribution in [0.25, 0.3) is 0 Å². The van der Waals surface area contributed by atoms with E-state index in [1.165, 1.54) is 0 Å². The summed E-state index contributed by atoms with van der Waals surface area (Å²) in [6.45, 7) is 8.80. The van der Waals surface area contributed by atoms with Crippen molar-refractivity contribution in [1.82, 2.24) is 20.5 Å². The molecule has 148 valence electrons. The minimum Gasteiger partial charge on any atom is -0.375 e. The maximum Gasteiger partial charge on any atom is 0.228 e. The van der Waals surface area contributed by atoms with E-state index in [1.807, 2.05) is 12.3 Å². The summed E-state index contributed by atoms with van der Waals surface area (Å²) in [6, 6.07) is 4.08. The summed E-state index contributed by atoms with van der Waals surface area (Å²) < 4.78 is 5.62. The Bertz CT molecular complexity index is 684. The molecule has 3 saturated heterocycles. The van der Waals surface area contributed by atoms with Crippen molar-refractivity contribution < 1.29 is 9.53 Å². The molecule has 4 heterocycles. The normalized spacial score (nSPS) is 31.6. The van der Waals surface area contributed by atoms with E-state index in [9.17, 15) is 4.79 Å². The van der Waals surface area contributed by atoms with Gasteiger partial charge in [0.25, 0.3) is 0 Å². The Morgan fingerprint density at radius 2 is 2.33 bits per heavy atom. The number of anilines is 1. The summed E-state index contributed by atoms with van der Waals surface area (Å²) in [4.78, 5) is 22.2. The van der Waals surface area contributed by atoms with Gasteiger partial charge in [-0.15, -0.1) is 0 Å². The SMILES string of the molecule is CC1CN(c2cc(CNC(=O)[C@@]34CCN(C)C[C@@H]3CNC4)ccn2)CCO1. The number of rotatable bonds is 4. The number of carbonyl (C=O) groups is 1. The number of amides is 1. The van der Waals surface area contributed by atoms with Gasteiger partial charge in [0.05, 0.1) is 18.1 Å². The highest BCUT2D eigenvalue weighted by atomic mass is 16.5. The number of ether oxygens (including phenoxy) is 1. The summed E-state index contributed by atoms with van der Waals surface area (Å²) in [7, 11) is 2.14. The van der Waals surface area contributed by atoms with Gasteiger partial charge >= 0.3 is 0 Å². The number of piperidine rings is 1. The van der Waals surface area contributed by atoms with Crippen molar-refractivity contribution in [2.75, 3.05) is 57.8 Å². The number of nitrogens with zero attached hydrogens (tertiary/aromatic N) is 3. The standard InChI is InChI=1S/C20H31N5O2/c1-15-12-25(7-8-27-15)18-9-16(3-5-22-18)10-23-19(26)20-4-6-24(2)13-17(20)11-21-14-20/h3,5,9,15,17,21H,4,6-8,10-14H2,1-2H3,(H,23,26)/t15?,17-,20+/m0/s1. The third-order valence-corrected chi connectivity index (χ3v) is 6.36. The van der Waals surface area contributed by atoms with Gasteiger partial charge in [0.2, 0.25) is 5.91 Å². The lowest BCUT2D eigenvalue weighted by Gasteiger charge is -2.41. The van der Waals surface area contributed by atoms with E-state index in [2.05, 4.69) is 45.5 Å². The molecule has 1 unspecified atom stereocenters. The molecule has 1 aromatic rings. The maximum absolute atomic E-state index is 13.1. The number of hydrogen-bond acceptors (Lipinski definition) is 6. The Balaban J connectivity index is 1.40. The van der Waals surface area contributed by atoms with Gasteiger partial charge in [-0.1, -0.05) is 0 Å². The van der Waals surface area contributed by atoms with E-state index in [-0.39, 0.29) is 17.4 Å². The highest BCUT2D eigenvalue weighted by molar-refractivity contribution is 5.84. The van der Waals surface area contributed by atoms with Gasteiger partial charge in [-0.05, 0) is 50.6 Å². The summed E-state index contributed by atoms with van der Waals surface area (Å²) in [5.74, 6) is 1.57. The van der Waals surface area contributed by atoms with Crippen LogP contribution >= 0.6 is 0 Å². The molecule has 1 amide bonds. The van der Waals surface area contributed by atoms with Crippen LogP contribution in [0.3, 0.4) is 0 Å². The predicted molar refractivity (Wildman–Crippen MR) is 105 cm³/mol. The Hall–Kier alpha value is -1.70. The Kier molecular flexibility index (Phi) is 5.34. The number of fused-ring (bicyclic) bond motifs is 1. The van der Waals surface area contributed by atoms with Crippen LogP contribution in [0, 0.1) is 11.3 Å². The monoisotopic (exact) mass is 373 g/mol. The van der Waals surface area contributed by atoms with Crippen molar-refractivity contribution >= 4 is 11.7 Å². The molecule has 0 aromatic carbocycles. The van der Waals surface area contributed by atoms with Crippen molar-refractivity contribution in [2.45, 2.75) is 26.0 Å². The number of carbonyl (C=O) groups excluding carboxylic acids is 1. The maximum atomic E-state index is 13.1. The highest BCUT2D eigenvalue weighted by Crippen LogP contribution is 2.39. The van der Waals surface area contributed by atoms with Crippen LogP contribution < -0.4 is 15.5 Å². The lowest BCUT2D eigenvalue weighted by atomic mass is 9.72. The van der Waals surface area contributed by atoms with Crippen LogP contribution in [-0.2, 0) is 16.1 Å². The molecular weight excluding hydrogens is 342 g/mol. The first-order valence-corrected chi connectivity index (χ1v) is 10.1. The van der Waals surface area contributed by atoms with E-state index in [0.29, 0.717) is 12.5 Å². The topological polar surface area (TPSA) is 69.7 Å². The van der Waals surface area contributed by atoms with Crippen LogP contribution in [0.5, 0.6) is 0 Å². The molecular formula is C20H31N5O2.